The lowest BCUT2D eigenvalue weighted by Gasteiger charge is -2.17. The second-order valence-electron chi connectivity index (χ2n) is 6.52. The molecule has 1 heterocycles. The zero-order valence-corrected chi connectivity index (χ0v) is 16.9. The summed E-state index contributed by atoms with van der Waals surface area (Å²) in [7, 11) is 0. The van der Waals surface area contributed by atoms with E-state index in [0.717, 1.165) is 30.6 Å². The maximum absolute atomic E-state index is 12.6. The van der Waals surface area contributed by atoms with Gasteiger partial charge in [-0.1, -0.05) is 13.8 Å². The Morgan fingerprint density at radius 1 is 1.00 bits per heavy atom. The van der Waals surface area contributed by atoms with Crippen LogP contribution in [0.4, 0.5) is 5.69 Å². The topological polar surface area (TPSA) is 145 Å². The van der Waals surface area contributed by atoms with Crippen LogP contribution in [0.25, 0.3) is 0 Å². The summed E-state index contributed by atoms with van der Waals surface area (Å²) in [6.45, 7) is 6.45. The van der Waals surface area contributed by atoms with Crippen LogP contribution in [0.5, 0.6) is 5.75 Å². The van der Waals surface area contributed by atoms with Crippen molar-refractivity contribution in [3.8, 4) is 5.75 Å². The molecule has 0 radical (unpaired) electrons. The van der Waals surface area contributed by atoms with Crippen molar-refractivity contribution in [3.63, 3.8) is 0 Å². The number of carbonyl (C=O) groups excluding carboxylic acids is 2. The molecule has 2 rings (SSSR count). The van der Waals surface area contributed by atoms with Gasteiger partial charge in [-0.2, -0.15) is 0 Å². The first-order chi connectivity index (χ1) is 14.3. The van der Waals surface area contributed by atoms with Gasteiger partial charge in [0.1, 0.15) is 0 Å². The first kappa shape index (κ1) is 23.0. The number of imide groups is 1. The molecule has 12 nitrogen and oxygen atoms in total. The highest BCUT2D eigenvalue weighted by molar-refractivity contribution is 6.21. The number of nitro benzene ring substituents is 1. The average molecular weight is 424 g/mol. The number of benzene rings is 1. The van der Waals surface area contributed by atoms with Crippen molar-refractivity contribution in [1.82, 2.24) is 9.80 Å². The summed E-state index contributed by atoms with van der Waals surface area (Å²) in [6.07, 6.45) is 0.703. The Balaban J connectivity index is 2.11. The van der Waals surface area contributed by atoms with E-state index in [0.29, 0.717) is 6.42 Å². The lowest BCUT2D eigenvalue weighted by Crippen LogP contribution is -2.31. The Hall–Kier alpha value is -3.28. The van der Waals surface area contributed by atoms with Crippen LogP contribution in [0.15, 0.2) is 12.1 Å². The van der Waals surface area contributed by atoms with Crippen molar-refractivity contribution in [1.29, 1.82) is 0 Å². The molecule has 0 atom stereocenters. The van der Waals surface area contributed by atoms with E-state index in [1.165, 1.54) is 6.07 Å². The second kappa shape index (κ2) is 10.5. The van der Waals surface area contributed by atoms with Gasteiger partial charge in [0.05, 0.1) is 29.3 Å². The monoisotopic (exact) mass is 424 g/mol. The van der Waals surface area contributed by atoms with Gasteiger partial charge in [0.25, 0.3) is 16.9 Å². The number of fused-ring (bicyclic) bond motifs is 1. The number of nitro groups is 1. The van der Waals surface area contributed by atoms with E-state index in [-0.39, 0.29) is 43.1 Å². The molecule has 0 aliphatic carbocycles. The van der Waals surface area contributed by atoms with Crippen molar-refractivity contribution < 1.29 is 29.2 Å². The number of hydrogen-bond acceptors (Lipinski definition) is 9. The number of ether oxygens (including phenoxy) is 1. The maximum Gasteiger partial charge on any atom is 0.311 e. The summed E-state index contributed by atoms with van der Waals surface area (Å²) in [6, 6.07) is 2.27. The first-order valence-electron chi connectivity index (χ1n) is 9.61. The summed E-state index contributed by atoms with van der Waals surface area (Å²) in [5.74, 6) is -1.38. The number of hydrogen-bond donors (Lipinski definition) is 0. The Kier molecular flexibility index (Phi) is 8.04. The minimum Gasteiger partial charge on any atom is -0.487 e. The van der Waals surface area contributed by atoms with Crippen LogP contribution in [0, 0.1) is 20.2 Å². The number of rotatable bonds is 13. The van der Waals surface area contributed by atoms with Crippen LogP contribution in [0.1, 0.15) is 47.4 Å². The van der Waals surface area contributed by atoms with Crippen molar-refractivity contribution in [2.24, 2.45) is 0 Å². The van der Waals surface area contributed by atoms with Gasteiger partial charge in [-0.25, -0.2) is 0 Å². The molecule has 0 aromatic heterocycles. The fraction of sp³-hybridized carbons (Fsp3) is 0.556. The summed E-state index contributed by atoms with van der Waals surface area (Å²) >= 11 is 0. The number of carbonyl (C=O) groups is 2. The second-order valence-corrected chi connectivity index (χ2v) is 6.52. The zero-order chi connectivity index (χ0) is 22.3. The van der Waals surface area contributed by atoms with E-state index in [1.807, 2.05) is 13.8 Å². The molecule has 12 heteroatoms. The third kappa shape index (κ3) is 5.41. The molecule has 30 heavy (non-hydrogen) atoms. The first-order valence-corrected chi connectivity index (χ1v) is 9.61. The fourth-order valence-electron chi connectivity index (χ4n) is 3.14. The van der Waals surface area contributed by atoms with E-state index in [1.54, 1.807) is 0 Å². The van der Waals surface area contributed by atoms with E-state index in [9.17, 15) is 29.8 Å². The number of amides is 2. The molecule has 0 N–H and O–H groups in total. The van der Waals surface area contributed by atoms with Crippen molar-refractivity contribution in [2.75, 3.05) is 39.4 Å². The van der Waals surface area contributed by atoms with Gasteiger partial charge in [-0.3, -0.25) is 24.6 Å². The molecular formula is C18H24N4O8. The Morgan fingerprint density at radius 3 is 2.20 bits per heavy atom. The minimum atomic E-state index is -0.963. The van der Waals surface area contributed by atoms with E-state index in [4.69, 9.17) is 4.74 Å². The standard InChI is InChI=1S/C18H24N4O8/c1-3-19(4-2)7-5-9-29-16-12-14-13(11-15(16)21(25)26)17(23)20(18(14)24)8-6-10-30-22(27)28/h11-12H,3-10H2,1-2H3. The molecule has 0 saturated carbocycles. The van der Waals surface area contributed by atoms with Crippen molar-refractivity contribution in [3.05, 3.63) is 43.5 Å². The predicted molar refractivity (Wildman–Crippen MR) is 104 cm³/mol. The molecular weight excluding hydrogens is 400 g/mol. The Morgan fingerprint density at radius 2 is 1.63 bits per heavy atom. The van der Waals surface area contributed by atoms with Crippen molar-refractivity contribution >= 4 is 17.5 Å². The molecule has 1 aromatic carbocycles. The molecule has 0 spiro atoms. The summed E-state index contributed by atoms with van der Waals surface area (Å²) in [4.78, 5) is 53.2. The van der Waals surface area contributed by atoms with Crippen LogP contribution in [-0.4, -0.2) is 71.0 Å². The summed E-state index contributed by atoms with van der Waals surface area (Å²) in [5, 5.41) is 20.6. The predicted octanol–water partition coefficient (Wildman–Crippen LogP) is 1.90. The van der Waals surface area contributed by atoms with Gasteiger partial charge in [0.2, 0.25) is 0 Å². The third-order valence-electron chi connectivity index (χ3n) is 4.74. The van der Waals surface area contributed by atoms with Gasteiger partial charge in [0, 0.05) is 25.2 Å². The molecule has 0 saturated heterocycles. The lowest BCUT2D eigenvalue weighted by molar-refractivity contribution is -0.757. The smallest absolute Gasteiger partial charge is 0.311 e. The molecule has 0 bridgehead atoms. The summed E-state index contributed by atoms with van der Waals surface area (Å²) < 4.78 is 5.56. The SMILES string of the molecule is CCN(CC)CCCOc1cc2c(cc1[N+](=O)[O-])C(=O)N(CCCO[N+](=O)[O-])C2=O. The largest absolute Gasteiger partial charge is 0.487 e. The molecule has 0 unspecified atom stereocenters. The van der Waals surface area contributed by atoms with Crippen LogP contribution in [0.2, 0.25) is 0 Å². The van der Waals surface area contributed by atoms with Gasteiger partial charge in [-0.05, 0) is 25.9 Å². The van der Waals surface area contributed by atoms with Crippen molar-refractivity contribution in [2.45, 2.75) is 26.7 Å². The maximum atomic E-state index is 12.6. The van der Waals surface area contributed by atoms with Gasteiger partial charge >= 0.3 is 5.69 Å². The highest BCUT2D eigenvalue weighted by Crippen LogP contribution is 2.35. The molecule has 1 aliphatic rings. The summed E-state index contributed by atoms with van der Waals surface area (Å²) in [5.41, 5.74) is -0.465. The van der Waals surface area contributed by atoms with Crippen LogP contribution in [-0.2, 0) is 4.84 Å². The molecule has 1 aliphatic heterocycles. The highest BCUT2D eigenvalue weighted by Gasteiger charge is 2.38. The van der Waals surface area contributed by atoms with E-state index in [2.05, 4.69) is 9.74 Å². The molecule has 2 amide bonds. The highest BCUT2D eigenvalue weighted by atomic mass is 16.9. The molecule has 0 fully saturated rings. The number of nitrogens with zero attached hydrogens (tertiary/aromatic N) is 4. The molecule has 164 valence electrons. The van der Waals surface area contributed by atoms with Crippen LogP contribution < -0.4 is 4.74 Å². The quantitative estimate of drug-likeness (QED) is 0.200. The minimum absolute atomic E-state index is 0.0135. The molecule has 1 aromatic rings. The van der Waals surface area contributed by atoms with Gasteiger partial charge < -0.3 is 14.5 Å². The van der Waals surface area contributed by atoms with E-state index >= 15 is 0 Å². The zero-order valence-electron chi connectivity index (χ0n) is 16.9. The van der Waals surface area contributed by atoms with Gasteiger partial charge in [-0.15, -0.1) is 10.1 Å². The van der Waals surface area contributed by atoms with Crippen LogP contribution >= 0.6 is 0 Å². The normalized spacial score (nSPS) is 13.0. The lowest BCUT2D eigenvalue weighted by atomic mass is 10.1. The Bertz CT molecular complexity index is 825. The average Bonchev–Trinajstić information content (AvgIpc) is 2.94. The van der Waals surface area contributed by atoms with Crippen LogP contribution in [0.3, 0.4) is 0 Å². The Labute approximate surface area is 172 Å². The van der Waals surface area contributed by atoms with E-state index < -0.39 is 27.5 Å². The fourth-order valence-corrected chi connectivity index (χ4v) is 3.14. The third-order valence-corrected chi connectivity index (χ3v) is 4.74. The van der Waals surface area contributed by atoms with Gasteiger partial charge in [0.15, 0.2) is 5.75 Å².